The van der Waals surface area contributed by atoms with Crippen LogP contribution in [0.5, 0.6) is 0 Å². The lowest BCUT2D eigenvalue weighted by molar-refractivity contribution is 0.0479. The highest BCUT2D eigenvalue weighted by atomic mass is 32.1. The van der Waals surface area contributed by atoms with E-state index in [1.54, 1.807) is 6.07 Å². The molecule has 2 aromatic carbocycles. The van der Waals surface area contributed by atoms with Gasteiger partial charge in [-0.3, -0.25) is 4.79 Å². The highest BCUT2D eigenvalue weighted by Gasteiger charge is 2.16. The van der Waals surface area contributed by atoms with Crippen molar-refractivity contribution in [2.45, 2.75) is 0 Å². The van der Waals surface area contributed by atoms with Crippen LogP contribution in [0, 0.1) is 17.5 Å². The summed E-state index contributed by atoms with van der Waals surface area (Å²) < 4.78 is 44.6. The van der Waals surface area contributed by atoms with E-state index in [0.717, 1.165) is 29.5 Å². The number of esters is 1. The lowest BCUT2D eigenvalue weighted by Crippen LogP contribution is -2.13. The Hall–Kier alpha value is -2.67. The Balaban J connectivity index is 1.69. The normalized spacial score (nSPS) is 10.8. The number of carbonyl (C=O) groups excluding carboxylic acids is 2. The minimum atomic E-state index is -1.15. The van der Waals surface area contributed by atoms with E-state index in [9.17, 15) is 22.8 Å². The molecule has 0 bridgehead atoms. The third-order valence-corrected chi connectivity index (χ3v) is 4.35. The van der Waals surface area contributed by atoms with Crippen LogP contribution in [0.4, 0.5) is 13.2 Å². The maximum absolute atomic E-state index is 13.1. The molecule has 0 aliphatic heterocycles. The standard InChI is InChI=1S/C17H9F3O3S/c18-11-2-4-15-10(5-11)7-16(24-15)17(22)23-8-14(21)9-1-3-12(19)13(20)6-9/h1-7H,8H2. The molecule has 1 heterocycles. The van der Waals surface area contributed by atoms with Crippen molar-refractivity contribution in [2.24, 2.45) is 0 Å². The van der Waals surface area contributed by atoms with Gasteiger partial charge in [0, 0.05) is 10.3 Å². The van der Waals surface area contributed by atoms with Gasteiger partial charge in [-0.05, 0) is 47.9 Å². The van der Waals surface area contributed by atoms with E-state index >= 15 is 0 Å². The topological polar surface area (TPSA) is 43.4 Å². The summed E-state index contributed by atoms with van der Waals surface area (Å²) in [7, 11) is 0. The second-order valence-electron chi connectivity index (χ2n) is 4.92. The quantitative estimate of drug-likeness (QED) is 0.519. The van der Waals surface area contributed by atoms with E-state index in [1.165, 1.54) is 18.2 Å². The molecule has 3 aromatic rings. The summed E-state index contributed by atoms with van der Waals surface area (Å²) in [6.45, 7) is -0.605. The van der Waals surface area contributed by atoms with Gasteiger partial charge in [0.2, 0.25) is 0 Å². The van der Waals surface area contributed by atoms with Gasteiger partial charge < -0.3 is 4.74 Å². The van der Waals surface area contributed by atoms with E-state index in [-0.39, 0.29) is 10.4 Å². The van der Waals surface area contributed by atoms with Crippen LogP contribution < -0.4 is 0 Å². The SMILES string of the molecule is O=C(COC(=O)c1cc2cc(F)ccc2s1)c1ccc(F)c(F)c1. The summed E-state index contributed by atoms with van der Waals surface area (Å²) in [6, 6.07) is 8.25. The van der Waals surface area contributed by atoms with Crippen molar-refractivity contribution >= 4 is 33.2 Å². The number of carbonyl (C=O) groups is 2. The first-order valence-electron chi connectivity index (χ1n) is 6.78. The zero-order valence-electron chi connectivity index (χ0n) is 12.0. The Morgan fingerprint density at radius 2 is 1.75 bits per heavy atom. The van der Waals surface area contributed by atoms with Crippen LogP contribution in [0.15, 0.2) is 42.5 Å². The van der Waals surface area contributed by atoms with Crippen molar-refractivity contribution in [3.63, 3.8) is 0 Å². The van der Waals surface area contributed by atoms with Crippen LogP contribution in [-0.2, 0) is 4.74 Å². The van der Waals surface area contributed by atoms with Crippen LogP contribution in [0.2, 0.25) is 0 Å². The van der Waals surface area contributed by atoms with E-state index in [1.807, 2.05) is 0 Å². The van der Waals surface area contributed by atoms with Crippen LogP contribution in [0.25, 0.3) is 10.1 Å². The summed E-state index contributed by atoms with van der Waals surface area (Å²) in [5, 5.41) is 0.555. The molecule has 0 radical (unpaired) electrons. The molecular weight excluding hydrogens is 341 g/mol. The van der Waals surface area contributed by atoms with E-state index in [4.69, 9.17) is 4.74 Å². The maximum atomic E-state index is 13.1. The molecule has 3 nitrogen and oxygen atoms in total. The number of fused-ring (bicyclic) bond motifs is 1. The zero-order valence-corrected chi connectivity index (χ0v) is 12.8. The summed E-state index contributed by atoms with van der Waals surface area (Å²) >= 11 is 1.10. The number of rotatable bonds is 4. The van der Waals surface area contributed by atoms with Crippen molar-refractivity contribution in [2.75, 3.05) is 6.61 Å². The van der Waals surface area contributed by atoms with Gasteiger partial charge in [-0.1, -0.05) is 0 Å². The smallest absolute Gasteiger partial charge is 0.348 e. The molecule has 0 saturated heterocycles. The van der Waals surface area contributed by atoms with E-state index < -0.39 is 35.8 Å². The number of hydrogen-bond donors (Lipinski definition) is 0. The maximum Gasteiger partial charge on any atom is 0.348 e. The number of Topliss-reactive ketones (excluding diaryl/α,β-unsaturated/α-hetero) is 1. The number of benzene rings is 2. The predicted molar refractivity (Wildman–Crippen MR) is 82.8 cm³/mol. The Kier molecular flexibility index (Phi) is 4.35. The van der Waals surface area contributed by atoms with Crippen molar-refractivity contribution < 1.29 is 27.5 Å². The predicted octanol–water partition coefficient (Wildman–Crippen LogP) is 4.36. The van der Waals surface area contributed by atoms with Gasteiger partial charge in [-0.2, -0.15) is 0 Å². The minimum absolute atomic E-state index is 0.0971. The third-order valence-electron chi connectivity index (χ3n) is 3.26. The fourth-order valence-electron chi connectivity index (χ4n) is 2.07. The van der Waals surface area contributed by atoms with Crippen molar-refractivity contribution in [3.8, 4) is 0 Å². The summed E-state index contributed by atoms with van der Waals surface area (Å²) in [4.78, 5) is 24.0. The fraction of sp³-hybridized carbons (Fsp3) is 0.0588. The first kappa shape index (κ1) is 16.2. The molecule has 0 atom stereocenters. The number of halogens is 3. The van der Waals surface area contributed by atoms with Gasteiger partial charge in [0.05, 0.1) is 0 Å². The molecule has 0 amide bonds. The number of hydrogen-bond acceptors (Lipinski definition) is 4. The lowest BCUT2D eigenvalue weighted by atomic mass is 10.1. The van der Waals surface area contributed by atoms with E-state index in [0.29, 0.717) is 10.1 Å². The second kappa shape index (κ2) is 6.45. The largest absolute Gasteiger partial charge is 0.453 e. The summed E-state index contributed by atoms with van der Waals surface area (Å²) in [5.41, 5.74) is -0.0971. The van der Waals surface area contributed by atoms with Crippen LogP contribution >= 0.6 is 11.3 Å². The monoisotopic (exact) mass is 350 g/mol. The van der Waals surface area contributed by atoms with Gasteiger partial charge >= 0.3 is 5.97 Å². The molecular formula is C17H9F3O3S. The molecule has 0 N–H and O–H groups in total. The van der Waals surface area contributed by atoms with Crippen molar-refractivity contribution in [1.29, 1.82) is 0 Å². The molecule has 0 fully saturated rings. The van der Waals surface area contributed by atoms with E-state index in [2.05, 4.69) is 0 Å². The molecule has 0 spiro atoms. The first-order chi connectivity index (χ1) is 11.4. The molecule has 1 aromatic heterocycles. The third kappa shape index (κ3) is 3.30. The van der Waals surface area contributed by atoms with Gasteiger partial charge in [-0.15, -0.1) is 11.3 Å². The zero-order chi connectivity index (χ0) is 17.3. The van der Waals surface area contributed by atoms with Crippen LogP contribution in [0.3, 0.4) is 0 Å². The Bertz CT molecular complexity index is 949. The second-order valence-corrected chi connectivity index (χ2v) is 6.00. The molecule has 24 heavy (non-hydrogen) atoms. The molecule has 7 heteroatoms. The Labute approximate surface area is 138 Å². The lowest BCUT2D eigenvalue weighted by Gasteiger charge is -2.03. The molecule has 0 aliphatic carbocycles. The minimum Gasteiger partial charge on any atom is -0.453 e. The Morgan fingerprint density at radius 1 is 0.958 bits per heavy atom. The van der Waals surface area contributed by atoms with Gasteiger partial charge in [0.25, 0.3) is 0 Å². The average molecular weight is 350 g/mol. The van der Waals surface area contributed by atoms with Crippen LogP contribution in [0.1, 0.15) is 20.0 Å². The van der Waals surface area contributed by atoms with Crippen molar-refractivity contribution in [1.82, 2.24) is 0 Å². The molecule has 3 rings (SSSR count). The highest BCUT2D eigenvalue weighted by molar-refractivity contribution is 7.20. The van der Waals surface area contributed by atoms with Gasteiger partial charge in [-0.25, -0.2) is 18.0 Å². The number of ether oxygens (including phenoxy) is 1. The first-order valence-corrected chi connectivity index (χ1v) is 7.60. The summed E-state index contributed by atoms with van der Waals surface area (Å²) in [6.07, 6.45) is 0. The van der Waals surface area contributed by atoms with Crippen molar-refractivity contribution in [3.05, 3.63) is 70.4 Å². The molecule has 0 saturated carbocycles. The fourth-order valence-corrected chi connectivity index (χ4v) is 3.01. The molecule has 0 aliphatic rings. The average Bonchev–Trinajstić information content (AvgIpc) is 2.98. The number of ketones is 1. The molecule has 122 valence electrons. The Morgan fingerprint density at radius 3 is 2.50 bits per heavy atom. The van der Waals surface area contributed by atoms with Gasteiger partial charge in [0.1, 0.15) is 10.7 Å². The molecule has 0 unspecified atom stereocenters. The summed E-state index contributed by atoms with van der Waals surface area (Å²) in [5.74, 6) is -4.05. The van der Waals surface area contributed by atoms with Crippen LogP contribution in [-0.4, -0.2) is 18.4 Å². The van der Waals surface area contributed by atoms with Gasteiger partial charge in [0.15, 0.2) is 24.0 Å². The number of thiophene rings is 1. The highest BCUT2D eigenvalue weighted by Crippen LogP contribution is 2.26.